The monoisotopic (exact) mass is 387 g/mol. The molecular weight excluding hydrogens is 362 g/mol. The summed E-state index contributed by atoms with van der Waals surface area (Å²) in [6.07, 6.45) is 0.0682. The zero-order valence-electron chi connectivity index (χ0n) is 16.1. The van der Waals surface area contributed by atoms with Crippen molar-refractivity contribution in [2.24, 2.45) is 0 Å². The van der Waals surface area contributed by atoms with Crippen molar-refractivity contribution >= 4 is 34.6 Å². The van der Waals surface area contributed by atoms with Crippen molar-refractivity contribution in [2.75, 3.05) is 13.7 Å². The number of amides is 1. The first kappa shape index (κ1) is 19.5. The number of thioether (sulfide) groups is 1. The molecule has 2 aromatic carbocycles. The van der Waals surface area contributed by atoms with Crippen molar-refractivity contribution in [2.45, 2.75) is 49.0 Å². The lowest BCUT2D eigenvalue weighted by molar-refractivity contribution is -0.145. The van der Waals surface area contributed by atoms with Crippen LogP contribution in [0.4, 0.5) is 4.79 Å². The highest BCUT2D eigenvalue weighted by Crippen LogP contribution is 2.37. The number of ether oxygens (including phenoxy) is 2. The zero-order valence-corrected chi connectivity index (χ0v) is 16.9. The average molecular weight is 388 g/mol. The molecule has 1 saturated heterocycles. The van der Waals surface area contributed by atoms with Crippen LogP contribution in [0.15, 0.2) is 47.4 Å². The van der Waals surface area contributed by atoms with Crippen LogP contribution in [0.25, 0.3) is 10.8 Å². The number of methoxy groups -OCH3 is 1. The molecular formula is C21H25NO4S. The van der Waals surface area contributed by atoms with E-state index in [4.69, 9.17) is 9.47 Å². The number of esters is 1. The molecule has 1 aliphatic heterocycles. The van der Waals surface area contributed by atoms with Gasteiger partial charge in [0, 0.05) is 16.7 Å². The molecule has 0 radical (unpaired) electrons. The van der Waals surface area contributed by atoms with Gasteiger partial charge in [0.05, 0.1) is 7.11 Å². The molecule has 0 bridgehead atoms. The van der Waals surface area contributed by atoms with E-state index in [2.05, 4.69) is 24.3 Å². The fourth-order valence-electron chi connectivity index (χ4n) is 3.24. The Labute approximate surface area is 164 Å². The molecule has 0 aliphatic carbocycles. The molecule has 1 heterocycles. The topological polar surface area (TPSA) is 55.8 Å². The predicted molar refractivity (Wildman–Crippen MR) is 107 cm³/mol. The lowest BCUT2D eigenvalue weighted by Gasteiger charge is -2.27. The van der Waals surface area contributed by atoms with E-state index in [0.717, 1.165) is 4.90 Å². The van der Waals surface area contributed by atoms with Crippen LogP contribution in [-0.4, -0.2) is 47.5 Å². The van der Waals surface area contributed by atoms with Crippen LogP contribution < -0.4 is 0 Å². The summed E-state index contributed by atoms with van der Waals surface area (Å²) in [6.45, 7) is 5.89. The molecule has 6 heteroatoms. The second-order valence-corrected chi connectivity index (χ2v) is 8.97. The number of fused-ring (bicyclic) bond motifs is 1. The molecule has 0 saturated carbocycles. The van der Waals surface area contributed by atoms with Gasteiger partial charge in [0.25, 0.3) is 0 Å². The van der Waals surface area contributed by atoms with Crippen molar-refractivity contribution in [3.8, 4) is 0 Å². The third-order valence-corrected chi connectivity index (χ3v) is 5.69. The van der Waals surface area contributed by atoms with Gasteiger partial charge in [-0.05, 0) is 44.0 Å². The van der Waals surface area contributed by atoms with Gasteiger partial charge in [-0.1, -0.05) is 36.4 Å². The van der Waals surface area contributed by atoms with Gasteiger partial charge in [0.15, 0.2) is 0 Å². The molecule has 0 N–H and O–H groups in total. The average Bonchev–Trinajstić information content (AvgIpc) is 3.04. The highest BCUT2D eigenvalue weighted by atomic mass is 32.2. The van der Waals surface area contributed by atoms with Gasteiger partial charge in [-0.15, -0.1) is 11.8 Å². The Balaban J connectivity index is 1.81. The number of benzene rings is 2. The van der Waals surface area contributed by atoms with Gasteiger partial charge in [-0.2, -0.15) is 0 Å². The molecule has 0 unspecified atom stereocenters. The number of likely N-dealkylation sites (tertiary alicyclic amines) is 1. The van der Waals surface area contributed by atoms with Crippen LogP contribution in [0.2, 0.25) is 0 Å². The summed E-state index contributed by atoms with van der Waals surface area (Å²) in [7, 11) is 1.35. The van der Waals surface area contributed by atoms with Gasteiger partial charge in [0.1, 0.15) is 11.6 Å². The third kappa shape index (κ3) is 4.56. The largest absolute Gasteiger partial charge is 0.467 e. The molecule has 0 spiro atoms. The normalized spacial score (nSPS) is 19.9. The number of nitrogens with zero attached hydrogens (tertiary/aromatic N) is 1. The molecule has 1 fully saturated rings. The van der Waals surface area contributed by atoms with Crippen LogP contribution in [0.1, 0.15) is 27.2 Å². The van der Waals surface area contributed by atoms with Crippen LogP contribution in [0.5, 0.6) is 0 Å². The number of rotatable bonds is 3. The van der Waals surface area contributed by atoms with E-state index in [1.165, 1.54) is 22.8 Å². The molecule has 1 aliphatic rings. The standard InChI is InChI=1S/C21H25NO4S/c1-21(2,3)26-20(24)22-13-15(12-17(22)19(23)25-4)27-18-11-7-9-14-8-5-6-10-16(14)18/h5-11,15,17H,12-13H2,1-4H3/t15-,17+/m1/s1. The van der Waals surface area contributed by atoms with Crippen LogP contribution in [0, 0.1) is 0 Å². The zero-order chi connectivity index (χ0) is 19.6. The Morgan fingerprint density at radius 1 is 1.11 bits per heavy atom. The van der Waals surface area contributed by atoms with E-state index in [-0.39, 0.29) is 5.25 Å². The summed E-state index contributed by atoms with van der Waals surface area (Å²) >= 11 is 1.69. The third-order valence-electron chi connectivity index (χ3n) is 4.41. The van der Waals surface area contributed by atoms with E-state index in [1.54, 1.807) is 11.8 Å². The molecule has 27 heavy (non-hydrogen) atoms. The maximum Gasteiger partial charge on any atom is 0.411 e. The van der Waals surface area contributed by atoms with Gasteiger partial charge < -0.3 is 9.47 Å². The van der Waals surface area contributed by atoms with E-state index in [1.807, 2.05) is 39.0 Å². The minimum Gasteiger partial charge on any atom is -0.467 e. The van der Waals surface area contributed by atoms with Crippen molar-refractivity contribution in [1.82, 2.24) is 4.90 Å². The molecule has 2 aromatic rings. The SMILES string of the molecule is COC(=O)[C@@H]1C[C@@H](Sc2cccc3ccccc23)CN1C(=O)OC(C)(C)C. The van der Waals surface area contributed by atoms with Gasteiger partial charge in [-0.25, -0.2) is 9.59 Å². The maximum absolute atomic E-state index is 12.6. The van der Waals surface area contributed by atoms with E-state index >= 15 is 0 Å². The molecule has 144 valence electrons. The molecule has 3 rings (SSSR count). The van der Waals surface area contributed by atoms with Crippen molar-refractivity contribution < 1.29 is 19.1 Å². The fraction of sp³-hybridized carbons (Fsp3) is 0.429. The molecule has 2 atom stereocenters. The molecule has 0 aromatic heterocycles. The maximum atomic E-state index is 12.6. The van der Waals surface area contributed by atoms with Crippen LogP contribution >= 0.6 is 11.8 Å². The Kier molecular flexibility index (Phi) is 5.65. The van der Waals surface area contributed by atoms with Crippen LogP contribution in [-0.2, 0) is 14.3 Å². The Hall–Kier alpha value is -2.21. The highest BCUT2D eigenvalue weighted by Gasteiger charge is 2.42. The lowest BCUT2D eigenvalue weighted by atomic mass is 10.1. The smallest absolute Gasteiger partial charge is 0.411 e. The summed E-state index contributed by atoms with van der Waals surface area (Å²) in [5.41, 5.74) is -0.612. The minimum absolute atomic E-state index is 0.0902. The number of hydrogen-bond donors (Lipinski definition) is 0. The van der Waals surface area contributed by atoms with Crippen molar-refractivity contribution in [3.05, 3.63) is 42.5 Å². The Morgan fingerprint density at radius 3 is 2.52 bits per heavy atom. The first-order chi connectivity index (χ1) is 12.8. The van der Waals surface area contributed by atoms with Crippen molar-refractivity contribution in [1.29, 1.82) is 0 Å². The lowest BCUT2D eigenvalue weighted by Crippen LogP contribution is -2.43. The minimum atomic E-state index is -0.614. The van der Waals surface area contributed by atoms with Gasteiger partial charge in [0.2, 0.25) is 0 Å². The Morgan fingerprint density at radius 2 is 1.81 bits per heavy atom. The van der Waals surface area contributed by atoms with E-state index in [0.29, 0.717) is 13.0 Å². The predicted octanol–water partition coefficient (Wildman–Crippen LogP) is 4.48. The fourth-order valence-corrected chi connectivity index (χ4v) is 4.59. The molecule has 5 nitrogen and oxygen atoms in total. The summed E-state index contributed by atoms with van der Waals surface area (Å²) in [6, 6.07) is 13.8. The second kappa shape index (κ2) is 7.80. The van der Waals surface area contributed by atoms with Crippen molar-refractivity contribution in [3.63, 3.8) is 0 Å². The van der Waals surface area contributed by atoms with Crippen LogP contribution in [0.3, 0.4) is 0 Å². The highest BCUT2D eigenvalue weighted by molar-refractivity contribution is 8.00. The summed E-state index contributed by atoms with van der Waals surface area (Å²) in [5.74, 6) is -0.401. The first-order valence-electron chi connectivity index (χ1n) is 9.00. The van der Waals surface area contributed by atoms with Gasteiger partial charge in [-0.3, -0.25) is 4.90 Å². The summed E-state index contributed by atoms with van der Waals surface area (Å²) < 4.78 is 10.4. The number of carbonyl (C=O) groups excluding carboxylic acids is 2. The Bertz CT molecular complexity index is 840. The summed E-state index contributed by atoms with van der Waals surface area (Å²) in [4.78, 5) is 27.5. The molecule has 1 amide bonds. The number of hydrogen-bond acceptors (Lipinski definition) is 5. The quantitative estimate of drug-likeness (QED) is 0.727. The van der Waals surface area contributed by atoms with E-state index < -0.39 is 23.7 Å². The summed E-state index contributed by atoms with van der Waals surface area (Å²) in [5, 5.41) is 2.44. The first-order valence-corrected chi connectivity index (χ1v) is 9.88. The number of carbonyl (C=O) groups is 2. The van der Waals surface area contributed by atoms with E-state index in [9.17, 15) is 9.59 Å². The second-order valence-electron chi connectivity index (χ2n) is 7.62. The van der Waals surface area contributed by atoms with Gasteiger partial charge >= 0.3 is 12.1 Å².